The standard InChI is InChI=1S/C11H20F2O2/c1-3-5-6-7-9(11(12)13)8-10(14)15-4-2/h9,11H,3-8H2,1-2H3/t9-/m1/s1. The molecule has 0 rings (SSSR count). The SMILES string of the molecule is CCCCC[C@H](CC(=O)OCC)C(F)F. The van der Waals surface area contributed by atoms with Gasteiger partial charge in [-0.15, -0.1) is 0 Å². The van der Waals surface area contributed by atoms with E-state index in [0.717, 1.165) is 19.3 Å². The first-order chi connectivity index (χ1) is 7.11. The van der Waals surface area contributed by atoms with Gasteiger partial charge in [0.2, 0.25) is 6.43 Å². The van der Waals surface area contributed by atoms with E-state index in [1.165, 1.54) is 0 Å². The zero-order valence-corrected chi connectivity index (χ0v) is 9.47. The van der Waals surface area contributed by atoms with Gasteiger partial charge >= 0.3 is 5.97 Å². The molecule has 2 nitrogen and oxygen atoms in total. The topological polar surface area (TPSA) is 26.3 Å². The molecule has 15 heavy (non-hydrogen) atoms. The number of hydrogen-bond acceptors (Lipinski definition) is 2. The molecule has 0 aromatic rings. The van der Waals surface area contributed by atoms with Crippen molar-refractivity contribution in [2.24, 2.45) is 5.92 Å². The highest BCUT2D eigenvalue weighted by Crippen LogP contribution is 2.21. The molecule has 0 unspecified atom stereocenters. The summed E-state index contributed by atoms with van der Waals surface area (Å²) in [5, 5.41) is 0. The third-order valence-corrected chi connectivity index (χ3v) is 2.27. The number of ether oxygens (including phenoxy) is 1. The van der Waals surface area contributed by atoms with Gasteiger partial charge in [-0.25, -0.2) is 8.78 Å². The van der Waals surface area contributed by atoms with Crippen molar-refractivity contribution in [1.29, 1.82) is 0 Å². The van der Waals surface area contributed by atoms with Crippen LogP contribution in [-0.4, -0.2) is 19.0 Å². The van der Waals surface area contributed by atoms with Gasteiger partial charge in [0.1, 0.15) is 0 Å². The van der Waals surface area contributed by atoms with Crippen LogP contribution in [0, 0.1) is 5.92 Å². The smallest absolute Gasteiger partial charge is 0.306 e. The Kier molecular flexibility index (Phi) is 8.24. The minimum Gasteiger partial charge on any atom is -0.466 e. The lowest BCUT2D eigenvalue weighted by Gasteiger charge is -2.14. The maximum atomic E-state index is 12.5. The minimum atomic E-state index is -2.42. The van der Waals surface area contributed by atoms with Crippen molar-refractivity contribution in [3.63, 3.8) is 0 Å². The van der Waals surface area contributed by atoms with E-state index in [1.54, 1.807) is 6.92 Å². The van der Waals surface area contributed by atoms with Crippen molar-refractivity contribution in [2.75, 3.05) is 6.61 Å². The second-order valence-electron chi connectivity index (χ2n) is 3.60. The van der Waals surface area contributed by atoms with Crippen LogP contribution in [0.2, 0.25) is 0 Å². The summed E-state index contributed by atoms with van der Waals surface area (Å²) in [7, 11) is 0. The Balaban J connectivity index is 3.87. The second kappa shape index (κ2) is 8.62. The van der Waals surface area contributed by atoms with Gasteiger partial charge in [-0.1, -0.05) is 26.2 Å². The monoisotopic (exact) mass is 222 g/mol. The quantitative estimate of drug-likeness (QED) is 0.464. The van der Waals surface area contributed by atoms with Gasteiger partial charge in [0.15, 0.2) is 0 Å². The van der Waals surface area contributed by atoms with Gasteiger partial charge in [0, 0.05) is 5.92 Å². The van der Waals surface area contributed by atoms with Crippen LogP contribution in [-0.2, 0) is 9.53 Å². The zero-order chi connectivity index (χ0) is 11.7. The van der Waals surface area contributed by atoms with Crippen LogP contribution in [0.5, 0.6) is 0 Å². The molecular weight excluding hydrogens is 202 g/mol. The highest BCUT2D eigenvalue weighted by Gasteiger charge is 2.23. The number of carbonyl (C=O) groups excluding carboxylic acids is 1. The fourth-order valence-corrected chi connectivity index (χ4v) is 1.41. The number of rotatable bonds is 8. The maximum Gasteiger partial charge on any atom is 0.306 e. The predicted molar refractivity (Wildman–Crippen MR) is 54.9 cm³/mol. The van der Waals surface area contributed by atoms with Crippen LogP contribution >= 0.6 is 0 Å². The number of hydrogen-bond donors (Lipinski definition) is 0. The van der Waals surface area contributed by atoms with E-state index in [1.807, 2.05) is 6.92 Å². The van der Waals surface area contributed by atoms with E-state index < -0.39 is 18.3 Å². The molecule has 0 radical (unpaired) electrons. The lowest BCUT2D eigenvalue weighted by molar-refractivity contribution is -0.145. The van der Waals surface area contributed by atoms with Crippen molar-refractivity contribution in [3.05, 3.63) is 0 Å². The summed E-state index contributed by atoms with van der Waals surface area (Å²) >= 11 is 0. The molecule has 0 amide bonds. The van der Waals surface area contributed by atoms with E-state index >= 15 is 0 Å². The first-order valence-corrected chi connectivity index (χ1v) is 5.55. The Morgan fingerprint density at radius 1 is 1.27 bits per heavy atom. The molecule has 0 fully saturated rings. The maximum absolute atomic E-state index is 12.5. The van der Waals surface area contributed by atoms with E-state index in [2.05, 4.69) is 4.74 Å². The van der Waals surface area contributed by atoms with Gasteiger partial charge in [-0.2, -0.15) is 0 Å². The zero-order valence-electron chi connectivity index (χ0n) is 9.47. The van der Waals surface area contributed by atoms with Crippen molar-refractivity contribution < 1.29 is 18.3 Å². The average molecular weight is 222 g/mol. The molecule has 0 heterocycles. The molecule has 1 atom stereocenters. The molecule has 0 saturated carbocycles. The molecule has 0 aromatic carbocycles. The summed E-state index contributed by atoms with van der Waals surface area (Å²) in [5.74, 6) is -1.35. The second-order valence-corrected chi connectivity index (χ2v) is 3.60. The molecule has 0 N–H and O–H groups in total. The molecule has 0 bridgehead atoms. The van der Waals surface area contributed by atoms with Crippen molar-refractivity contribution in [3.8, 4) is 0 Å². The largest absolute Gasteiger partial charge is 0.466 e. The summed E-state index contributed by atoms with van der Waals surface area (Å²) in [6.07, 6.45) is 0.512. The first kappa shape index (κ1) is 14.3. The van der Waals surface area contributed by atoms with Crippen LogP contribution in [0.1, 0.15) is 46.0 Å². The number of unbranched alkanes of at least 4 members (excludes halogenated alkanes) is 2. The van der Waals surface area contributed by atoms with Crippen molar-refractivity contribution in [2.45, 2.75) is 52.4 Å². The molecule has 0 aliphatic heterocycles. The van der Waals surface area contributed by atoms with E-state index in [9.17, 15) is 13.6 Å². The Labute approximate surface area is 90.0 Å². The Bertz CT molecular complexity index is 172. The number of esters is 1. The summed E-state index contributed by atoms with van der Waals surface area (Å²) in [6, 6.07) is 0. The van der Waals surface area contributed by atoms with Gasteiger partial charge in [0.25, 0.3) is 0 Å². The fourth-order valence-electron chi connectivity index (χ4n) is 1.41. The Morgan fingerprint density at radius 2 is 1.93 bits per heavy atom. The minimum absolute atomic E-state index is 0.158. The van der Waals surface area contributed by atoms with Crippen LogP contribution in [0.15, 0.2) is 0 Å². The van der Waals surface area contributed by atoms with Gasteiger partial charge in [0.05, 0.1) is 13.0 Å². The van der Waals surface area contributed by atoms with Crippen molar-refractivity contribution >= 4 is 5.97 Å². The summed E-state index contributed by atoms with van der Waals surface area (Å²) in [4.78, 5) is 11.0. The number of alkyl halides is 2. The van der Waals surface area contributed by atoms with Crippen LogP contribution in [0.3, 0.4) is 0 Å². The van der Waals surface area contributed by atoms with Gasteiger partial charge in [-0.3, -0.25) is 4.79 Å². The lowest BCUT2D eigenvalue weighted by atomic mass is 9.98. The summed E-state index contributed by atoms with van der Waals surface area (Å²) in [6.45, 7) is 3.94. The van der Waals surface area contributed by atoms with E-state index in [-0.39, 0.29) is 13.0 Å². The number of halogens is 2. The highest BCUT2D eigenvalue weighted by atomic mass is 19.3. The normalized spacial score (nSPS) is 12.9. The molecule has 0 aliphatic carbocycles. The lowest BCUT2D eigenvalue weighted by Crippen LogP contribution is -2.18. The van der Waals surface area contributed by atoms with Crippen LogP contribution < -0.4 is 0 Å². The fraction of sp³-hybridized carbons (Fsp3) is 0.909. The molecule has 0 aliphatic rings. The van der Waals surface area contributed by atoms with Gasteiger partial charge < -0.3 is 4.74 Å². The Morgan fingerprint density at radius 3 is 2.40 bits per heavy atom. The third kappa shape index (κ3) is 7.28. The Hall–Kier alpha value is -0.670. The van der Waals surface area contributed by atoms with E-state index in [4.69, 9.17) is 0 Å². The third-order valence-electron chi connectivity index (χ3n) is 2.27. The molecule has 0 aromatic heterocycles. The average Bonchev–Trinajstić information content (AvgIpc) is 2.16. The molecule has 0 spiro atoms. The molecular formula is C11H20F2O2. The van der Waals surface area contributed by atoms with Crippen LogP contribution in [0.25, 0.3) is 0 Å². The molecule has 4 heteroatoms. The van der Waals surface area contributed by atoms with E-state index in [0.29, 0.717) is 6.42 Å². The molecule has 0 saturated heterocycles. The van der Waals surface area contributed by atoms with Crippen molar-refractivity contribution in [1.82, 2.24) is 0 Å². The number of carbonyl (C=O) groups is 1. The predicted octanol–water partition coefficient (Wildman–Crippen LogP) is 3.40. The van der Waals surface area contributed by atoms with Gasteiger partial charge in [-0.05, 0) is 13.3 Å². The first-order valence-electron chi connectivity index (χ1n) is 5.55. The summed E-state index contributed by atoms with van der Waals surface area (Å²) < 4.78 is 29.7. The molecule has 90 valence electrons. The van der Waals surface area contributed by atoms with Crippen LogP contribution in [0.4, 0.5) is 8.78 Å². The highest BCUT2D eigenvalue weighted by molar-refractivity contribution is 5.69. The summed E-state index contributed by atoms with van der Waals surface area (Å²) in [5.41, 5.74) is 0.